The van der Waals surface area contributed by atoms with Crippen LogP contribution in [0.15, 0.2) is 54.9 Å². The van der Waals surface area contributed by atoms with Crippen LogP contribution in [0, 0.1) is 0 Å². The Morgan fingerprint density at radius 3 is 2.44 bits per heavy atom. The van der Waals surface area contributed by atoms with Crippen LogP contribution in [0.25, 0.3) is 0 Å². The lowest BCUT2D eigenvalue weighted by Gasteiger charge is -2.39. The predicted molar refractivity (Wildman–Crippen MR) is 141 cm³/mol. The minimum Gasteiger partial charge on any atom is -0.370 e. The molecule has 3 aliphatic rings. The van der Waals surface area contributed by atoms with E-state index in [1.54, 1.807) is 0 Å². The van der Waals surface area contributed by atoms with Gasteiger partial charge in [-0.3, -0.25) is 4.90 Å². The first kappa shape index (κ1) is 22.8. The van der Waals surface area contributed by atoms with E-state index in [9.17, 15) is 4.79 Å². The molecule has 186 valence electrons. The van der Waals surface area contributed by atoms with Gasteiger partial charge in [-0.05, 0) is 49.8 Å². The summed E-state index contributed by atoms with van der Waals surface area (Å²) in [6, 6.07) is 14.5. The lowest BCUT2D eigenvalue weighted by Crippen LogP contribution is -2.51. The van der Waals surface area contributed by atoms with E-state index in [-0.39, 0.29) is 12.1 Å². The van der Waals surface area contributed by atoms with Crippen molar-refractivity contribution in [2.45, 2.75) is 64.1 Å². The van der Waals surface area contributed by atoms with E-state index < -0.39 is 0 Å². The highest BCUT2D eigenvalue weighted by molar-refractivity contribution is 5.94. The van der Waals surface area contributed by atoms with Gasteiger partial charge >= 0.3 is 6.03 Å². The van der Waals surface area contributed by atoms with E-state index in [0.717, 1.165) is 61.4 Å². The summed E-state index contributed by atoms with van der Waals surface area (Å²) in [5, 5.41) is 3.26. The quantitative estimate of drug-likeness (QED) is 0.500. The number of hydrogen-bond donors (Lipinski definition) is 1. The molecule has 6 rings (SSSR count). The molecule has 1 aliphatic carbocycles. The van der Waals surface area contributed by atoms with E-state index in [2.05, 4.69) is 38.4 Å². The zero-order valence-electron chi connectivity index (χ0n) is 20.6. The molecule has 36 heavy (non-hydrogen) atoms. The van der Waals surface area contributed by atoms with Crippen molar-refractivity contribution in [1.82, 2.24) is 19.9 Å². The van der Waals surface area contributed by atoms with Crippen molar-refractivity contribution in [3.8, 4) is 0 Å². The van der Waals surface area contributed by atoms with E-state index in [4.69, 9.17) is 4.98 Å². The largest absolute Gasteiger partial charge is 0.370 e. The van der Waals surface area contributed by atoms with Crippen LogP contribution in [0.3, 0.4) is 0 Å². The lowest BCUT2D eigenvalue weighted by molar-refractivity contribution is 0.192. The third-order valence-electron chi connectivity index (χ3n) is 7.52. The molecule has 0 unspecified atom stereocenters. The number of pyridine rings is 1. The summed E-state index contributed by atoms with van der Waals surface area (Å²) in [5.74, 6) is 1.91. The molecule has 1 saturated heterocycles. The maximum absolute atomic E-state index is 13.7. The molecule has 8 nitrogen and oxygen atoms in total. The third-order valence-corrected chi connectivity index (χ3v) is 7.52. The second-order valence-electron chi connectivity index (χ2n) is 10.0. The number of aromatic nitrogens is 3. The number of nitrogens with one attached hydrogen (secondary N) is 1. The molecule has 0 spiro atoms. The van der Waals surface area contributed by atoms with Gasteiger partial charge in [0.25, 0.3) is 0 Å². The molecule has 0 bridgehead atoms. The molecule has 1 saturated carbocycles. The van der Waals surface area contributed by atoms with Gasteiger partial charge in [0.15, 0.2) is 0 Å². The summed E-state index contributed by atoms with van der Waals surface area (Å²) >= 11 is 0. The Morgan fingerprint density at radius 2 is 1.69 bits per heavy atom. The van der Waals surface area contributed by atoms with Crippen molar-refractivity contribution in [2.75, 3.05) is 28.2 Å². The molecule has 2 amide bonds. The molecule has 3 aromatic rings. The fourth-order valence-electron chi connectivity index (χ4n) is 5.63. The number of piperidine rings is 1. The number of hydrogen-bond acceptors (Lipinski definition) is 6. The van der Waals surface area contributed by atoms with Gasteiger partial charge < -0.3 is 15.1 Å². The van der Waals surface area contributed by atoms with Gasteiger partial charge in [-0.15, -0.1) is 0 Å². The predicted octanol–water partition coefficient (Wildman–Crippen LogP) is 5.49. The smallest absolute Gasteiger partial charge is 0.326 e. The minimum atomic E-state index is 0.0342. The number of benzene rings is 1. The number of carbonyl (C=O) groups is 1. The number of nitrogens with zero attached hydrogens (tertiary/aromatic N) is 6. The Labute approximate surface area is 212 Å². The second-order valence-corrected chi connectivity index (χ2v) is 10.0. The van der Waals surface area contributed by atoms with E-state index in [0.29, 0.717) is 24.9 Å². The Morgan fingerprint density at radius 1 is 0.889 bits per heavy atom. The molecular formula is C28H33N7O. The number of fused-ring (bicyclic) bond motifs is 1. The zero-order valence-corrected chi connectivity index (χ0v) is 20.6. The summed E-state index contributed by atoms with van der Waals surface area (Å²) in [6.45, 7) is 3.27. The molecule has 8 heteroatoms. The zero-order chi connectivity index (χ0) is 24.3. The Bertz CT molecular complexity index is 1190. The SMILES string of the molecule is O=C1N(Cc2ccccc2)Cc2cnc(Nc3ccc(N4CCCCC4)cn3)nc2N1C1CCCC1. The van der Waals surface area contributed by atoms with Crippen LogP contribution in [0.2, 0.25) is 0 Å². The molecule has 1 aromatic carbocycles. The third kappa shape index (κ3) is 4.72. The molecule has 0 radical (unpaired) electrons. The Balaban J connectivity index is 1.24. The first-order valence-corrected chi connectivity index (χ1v) is 13.2. The minimum absolute atomic E-state index is 0.0342. The van der Waals surface area contributed by atoms with Crippen molar-refractivity contribution in [2.24, 2.45) is 0 Å². The maximum atomic E-state index is 13.7. The van der Waals surface area contributed by atoms with E-state index in [1.807, 2.05) is 46.5 Å². The van der Waals surface area contributed by atoms with Gasteiger partial charge in [0.2, 0.25) is 5.95 Å². The Kier molecular flexibility index (Phi) is 6.40. The Hall–Kier alpha value is -3.68. The topological polar surface area (TPSA) is 77.5 Å². The number of anilines is 4. The van der Waals surface area contributed by atoms with Crippen LogP contribution >= 0.6 is 0 Å². The summed E-state index contributed by atoms with van der Waals surface area (Å²) in [5.41, 5.74) is 3.26. The summed E-state index contributed by atoms with van der Waals surface area (Å²) in [7, 11) is 0. The van der Waals surface area contributed by atoms with Crippen molar-refractivity contribution in [1.29, 1.82) is 0 Å². The fraction of sp³-hybridized carbons (Fsp3) is 0.429. The van der Waals surface area contributed by atoms with Crippen LogP contribution < -0.4 is 15.1 Å². The molecule has 2 aliphatic heterocycles. The normalized spacial score (nSPS) is 18.4. The van der Waals surface area contributed by atoms with Crippen molar-refractivity contribution in [3.05, 3.63) is 66.0 Å². The average Bonchev–Trinajstić information content (AvgIpc) is 3.45. The molecule has 1 N–H and O–H groups in total. The van der Waals surface area contributed by atoms with Crippen LogP contribution in [0.4, 0.5) is 28.1 Å². The number of carbonyl (C=O) groups excluding carboxylic acids is 1. The second kappa shape index (κ2) is 10.1. The van der Waals surface area contributed by atoms with Crippen molar-refractivity contribution >= 4 is 29.3 Å². The first-order valence-electron chi connectivity index (χ1n) is 13.2. The number of rotatable bonds is 6. The van der Waals surface area contributed by atoms with Crippen LogP contribution in [0.5, 0.6) is 0 Å². The van der Waals surface area contributed by atoms with Gasteiger partial charge in [-0.25, -0.2) is 14.8 Å². The fourth-order valence-corrected chi connectivity index (χ4v) is 5.63. The molecule has 2 fully saturated rings. The van der Waals surface area contributed by atoms with Crippen LogP contribution in [-0.4, -0.2) is 45.0 Å². The highest BCUT2D eigenvalue weighted by Gasteiger charge is 2.37. The molecule has 0 atom stereocenters. The van der Waals surface area contributed by atoms with Crippen LogP contribution in [-0.2, 0) is 13.1 Å². The lowest BCUT2D eigenvalue weighted by atomic mass is 10.1. The summed E-state index contributed by atoms with van der Waals surface area (Å²) in [4.78, 5) is 34.0. The monoisotopic (exact) mass is 483 g/mol. The highest BCUT2D eigenvalue weighted by atomic mass is 16.2. The van der Waals surface area contributed by atoms with Gasteiger partial charge in [0.1, 0.15) is 11.6 Å². The van der Waals surface area contributed by atoms with Gasteiger partial charge in [0.05, 0.1) is 18.4 Å². The molecular weight excluding hydrogens is 450 g/mol. The molecule has 4 heterocycles. The number of urea groups is 1. The van der Waals surface area contributed by atoms with Gasteiger partial charge in [0, 0.05) is 37.4 Å². The summed E-state index contributed by atoms with van der Waals surface area (Å²) in [6.07, 6.45) is 11.9. The van der Waals surface area contributed by atoms with Gasteiger partial charge in [-0.1, -0.05) is 43.2 Å². The summed E-state index contributed by atoms with van der Waals surface area (Å²) < 4.78 is 0. The average molecular weight is 484 g/mol. The molecule has 2 aromatic heterocycles. The first-order chi connectivity index (χ1) is 17.7. The van der Waals surface area contributed by atoms with Crippen molar-refractivity contribution in [3.63, 3.8) is 0 Å². The van der Waals surface area contributed by atoms with Gasteiger partial charge in [-0.2, -0.15) is 4.98 Å². The number of amides is 2. The maximum Gasteiger partial charge on any atom is 0.326 e. The highest BCUT2D eigenvalue weighted by Crippen LogP contribution is 2.35. The van der Waals surface area contributed by atoms with Crippen LogP contribution in [0.1, 0.15) is 56.1 Å². The van der Waals surface area contributed by atoms with Crippen molar-refractivity contribution < 1.29 is 4.79 Å². The standard InChI is InChI=1S/C28H33N7O/c36-28-34(19-21-9-3-1-4-10-21)20-22-17-30-27(32-26(22)35(28)23-11-5-6-12-23)31-25-14-13-24(18-29-25)33-15-7-2-8-16-33/h1,3-4,9-10,13-14,17-18,23H,2,5-8,11-12,15-16,19-20H2,(H,29,30,31,32). The van der Waals surface area contributed by atoms with E-state index >= 15 is 0 Å². The van der Waals surface area contributed by atoms with E-state index in [1.165, 1.54) is 19.3 Å².